The van der Waals surface area contributed by atoms with Gasteiger partial charge in [0, 0.05) is 50.5 Å². The lowest BCUT2D eigenvalue weighted by Crippen LogP contribution is -2.54. The van der Waals surface area contributed by atoms with Crippen LogP contribution < -0.4 is 5.32 Å². The average Bonchev–Trinajstić information content (AvgIpc) is 2.39. The molecule has 0 bridgehead atoms. The van der Waals surface area contributed by atoms with Gasteiger partial charge in [0.25, 0.3) is 0 Å². The molecule has 6 nitrogen and oxygen atoms in total. The number of hydrogen-bond donors (Lipinski definition) is 1. The number of nitrogens with zero attached hydrogens (tertiary/aromatic N) is 2. The van der Waals surface area contributed by atoms with Crippen LogP contribution in [0.25, 0.3) is 0 Å². The standard InChI is InChI=1S/C11H21N3O3S2/c1-19(16,17)11-9-18-7-6-14(11)10(15)8-13-4-2-12-3-5-13/h11-12H,2-9H2,1H3. The van der Waals surface area contributed by atoms with Crippen LogP contribution in [0.4, 0.5) is 0 Å². The maximum Gasteiger partial charge on any atom is 0.237 e. The van der Waals surface area contributed by atoms with E-state index in [0.717, 1.165) is 31.9 Å². The summed E-state index contributed by atoms with van der Waals surface area (Å²) in [6, 6.07) is 0. The number of sulfone groups is 1. The Balaban J connectivity index is 1.99. The number of carbonyl (C=O) groups excluding carboxylic acids is 1. The SMILES string of the molecule is CS(=O)(=O)C1CSCCN1C(=O)CN1CCNCC1. The van der Waals surface area contributed by atoms with Crippen LogP contribution in [-0.4, -0.2) is 86.5 Å². The molecule has 2 aliphatic heterocycles. The Morgan fingerprint density at radius 2 is 2.00 bits per heavy atom. The lowest BCUT2D eigenvalue weighted by Gasteiger charge is -2.36. The van der Waals surface area contributed by atoms with Crippen molar-refractivity contribution in [3.8, 4) is 0 Å². The van der Waals surface area contributed by atoms with E-state index in [1.165, 1.54) is 6.26 Å². The zero-order valence-corrected chi connectivity index (χ0v) is 12.8. The minimum Gasteiger partial charge on any atom is -0.323 e. The van der Waals surface area contributed by atoms with Gasteiger partial charge in [-0.1, -0.05) is 0 Å². The highest BCUT2D eigenvalue weighted by molar-refractivity contribution is 8.00. The largest absolute Gasteiger partial charge is 0.323 e. The Hall–Kier alpha value is -0.310. The third kappa shape index (κ3) is 4.08. The van der Waals surface area contributed by atoms with E-state index in [1.54, 1.807) is 16.7 Å². The highest BCUT2D eigenvalue weighted by atomic mass is 32.2. The summed E-state index contributed by atoms with van der Waals surface area (Å²) in [7, 11) is -3.21. The van der Waals surface area contributed by atoms with Gasteiger partial charge in [0.15, 0.2) is 9.84 Å². The molecule has 2 aliphatic rings. The summed E-state index contributed by atoms with van der Waals surface area (Å²) < 4.78 is 23.5. The highest BCUT2D eigenvalue weighted by Crippen LogP contribution is 2.20. The number of carbonyl (C=O) groups is 1. The van der Waals surface area contributed by atoms with E-state index >= 15 is 0 Å². The van der Waals surface area contributed by atoms with Gasteiger partial charge in [0.2, 0.25) is 5.91 Å². The number of hydrogen-bond acceptors (Lipinski definition) is 6. The molecule has 1 amide bonds. The van der Waals surface area contributed by atoms with Crippen molar-refractivity contribution in [1.29, 1.82) is 0 Å². The molecule has 0 spiro atoms. The Morgan fingerprint density at radius 3 is 2.63 bits per heavy atom. The van der Waals surface area contributed by atoms with Gasteiger partial charge in [-0.25, -0.2) is 8.42 Å². The fraction of sp³-hybridized carbons (Fsp3) is 0.909. The normalized spacial score (nSPS) is 26.4. The van der Waals surface area contributed by atoms with Crippen LogP contribution in [0.5, 0.6) is 0 Å². The van der Waals surface area contributed by atoms with Crippen LogP contribution in [0.3, 0.4) is 0 Å². The first kappa shape index (κ1) is 15.1. The monoisotopic (exact) mass is 307 g/mol. The molecule has 110 valence electrons. The third-order valence-corrected chi connectivity index (χ3v) is 6.11. The van der Waals surface area contributed by atoms with Crippen molar-refractivity contribution >= 4 is 27.5 Å². The maximum absolute atomic E-state index is 12.3. The molecule has 1 unspecified atom stereocenters. The number of nitrogens with one attached hydrogen (secondary N) is 1. The topological polar surface area (TPSA) is 69.7 Å². The smallest absolute Gasteiger partial charge is 0.237 e. The second kappa shape index (κ2) is 6.43. The third-order valence-electron chi connectivity index (χ3n) is 3.47. The van der Waals surface area contributed by atoms with E-state index < -0.39 is 15.2 Å². The predicted molar refractivity (Wildman–Crippen MR) is 77.0 cm³/mol. The number of piperazine rings is 1. The van der Waals surface area contributed by atoms with Gasteiger partial charge in [-0.05, 0) is 0 Å². The van der Waals surface area contributed by atoms with E-state index in [0.29, 0.717) is 18.8 Å². The Bertz CT molecular complexity index is 421. The first-order valence-electron chi connectivity index (χ1n) is 6.47. The van der Waals surface area contributed by atoms with Crippen molar-refractivity contribution in [1.82, 2.24) is 15.1 Å². The van der Waals surface area contributed by atoms with Gasteiger partial charge >= 0.3 is 0 Å². The first-order valence-corrected chi connectivity index (χ1v) is 9.58. The van der Waals surface area contributed by atoms with Gasteiger partial charge < -0.3 is 10.2 Å². The number of thioether (sulfide) groups is 1. The van der Waals surface area contributed by atoms with Crippen LogP contribution >= 0.6 is 11.8 Å². The first-order chi connectivity index (χ1) is 8.98. The molecule has 1 atom stereocenters. The summed E-state index contributed by atoms with van der Waals surface area (Å²) in [6.07, 6.45) is 1.22. The van der Waals surface area contributed by atoms with Crippen molar-refractivity contribution < 1.29 is 13.2 Å². The minimum atomic E-state index is -3.21. The Kier molecular flexibility index (Phi) is 5.10. The van der Waals surface area contributed by atoms with Gasteiger partial charge in [-0.3, -0.25) is 9.69 Å². The molecular formula is C11H21N3O3S2. The van der Waals surface area contributed by atoms with Gasteiger partial charge in [-0.2, -0.15) is 11.8 Å². The van der Waals surface area contributed by atoms with Crippen molar-refractivity contribution in [3.63, 3.8) is 0 Å². The molecular weight excluding hydrogens is 286 g/mol. The van der Waals surface area contributed by atoms with Crippen LogP contribution in [-0.2, 0) is 14.6 Å². The predicted octanol–water partition coefficient (Wildman–Crippen LogP) is -1.16. The van der Waals surface area contributed by atoms with E-state index in [1.807, 2.05) is 0 Å². The molecule has 1 N–H and O–H groups in total. The van der Waals surface area contributed by atoms with Crippen LogP contribution in [0.1, 0.15) is 0 Å². The average molecular weight is 307 g/mol. The van der Waals surface area contributed by atoms with Gasteiger partial charge in [-0.15, -0.1) is 0 Å². The maximum atomic E-state index is 12.3. The summed E-state index contributed by atoms with van der Waals surface area (Å²) in [5, 5.41) is 2.58. The van der Waals surface area contributed by atoms with Crippen molar-refractivity contribution in [2.75, 3.05) is 57.0 Å². The molecule has 8 heteroatoms. The van der Waals surface area contributed by atoms with Crippen LogP contribution in [0.15, 0.2) is 0 Å². The molecule has 0 radical (unpaired) electrons. The number of rotatable bonds is 3. The quantitative estimate of drug-likeness (QED) is 0.709. The van der Waals surface area contributed by atoms with Crippen molar-refractivity contribution in [3.05, 3.63) is 0 Å². The Labute approximate surface area is 118 Å². The molecule has 0 aromatic heterocycles. The van der Waals surface area contributed by atoms with E-state index in [-0.39, 0.29) is 5.91 Å². The molecule has 0 aliphatic carbocycles. The van der Waals surface area contributed by atoms with Crippen molar-refractivity contribution in [2.45, 2.75) is 5.37 Å². The summed E-state index contributed by atoms with van der Waals surface area (Å²) in [6.45, 7) is 4.33. The van der Waals surface area contributed by atoms with Gasteiger partial charge in [0.05, 0.1) is 6.54 Å². The zero-order valence-electron chi connectivity index (χ0n) is 11.2. The number of amides is 1. The Morgan fingerprint density at radius 1 is 1.32 bits per heavy atom. The molecule has 2 saturated heterocycles. The summed E-state index contributed by atoms with van der Waals surface area (Å²) >= 11 is 1.60. The fourth-order valence-electron chi connectivity index (χ4n) is 2.37. The van der Waals surface area contributed by atoms with Crippen LogP contribution in [0, 0.1) is 0 Å². The van der Waals surface area contributed by atoms with E-state index in [9.17, 15) is 13.2 Å². The second-order valence-electron chi connectivity index (χ2n) is 4.97. The van der Waals surface area contributed by atoms with E-state index in [4.69, 9.17) is 0 Å². The molecule has 19 heavy (non-hydrogen) atoms. The van der Waals surface area contributed by atoms with Gasteiger partial charge in [0.1, 0.15) is 5.37 Å². The summed E-state index contributed by atoms with van der Waals surface area (Å²) in [4.78, 5) is 15.9. The fourth-order valence-corrected chi connectivity index (χ4v) is 5.21. The minimum absolute atomic E-state index is 0.0578. The molecule has 0 aromatic carbocycles. The lowest BCUT2D eigenvalue weighted by atomic mass is 10.3. The molecule has 2 fully saturated rings. The summed E-state index contributed by atoms with van der Waals surface area (Å²) in [5.41, 5.74) is 0. The molecule has 2 heterocycles. The highest BCUT2D eigenvalue weighted by Gasteiger charge is 2.34. The van der Waals surface area contributed by atoms with E-state index in [2.05, 4.69) is 10.2 Å². The lowest BCUT2D eigenvalue weighted by molar-refractivity contribution is -0.133. The zero-order chi connectivity index (χ0) is 13.9. The molecule has 2 rings (SSSR count). The molecule has 0 aromatic rings. The summed E-state index contributed by atoms with van der Waals surface area (Å²) in [5.74, 6) is 1.25. The second-order valence-corrected chi connectivity index (χ2v) is 8.33. The van der Waals surface area contributed by atoms with Crippen molar-refractivity contribution in [2.24, 2.45) is 0 Å². The molecule has 0 saturated carbocycles. The van der Waals surface area contributed by atoms with Crippen LogP contribution in [0.2, 0.25) is 0 Å².